The molecule has 1 aromatic carbocycles. The van der Waals surface area contributed by atoms with Crippen LogP contribution < -0.4 is 11.1 Å². The summed E-state index contributed by atoms with van der Waals surface area (Å²) in [6.07, 6.45) is 0.261. The minimum absolute atomic E-state index is 0.0284. The molecular weight excluding hydrogens is 336 g/mol. The first-order valence-electron chi connectivity index (χ1n) is 8.56. The molecule has 0 aromatic heterocycles. The molecule has 26 heavy (non-hydrogen) atoms. The van der Waals surface area contributed by atoms with Gasteiger partial charge >= 0.3 is 0 Å². The Labute approximate surface area is 151 Å². The maximum atomic E-state index is 12.8. The lowest BCUT2D eigenvalue weighted by molar-refractivity contribution is -0.136. The second-order valence-corrected chi connectivity index (χ2v) is 7.00. The van der Waals surface area contributed by atoms with E-state index >= 15 is 0 Å². The molecule has 0 aliphatic carbocycles. The molecule has 4 amide bonds. The van der Waals surface area contributed by atoms with E-state index in [1.807, 2.05) is 18.9 Å². The van der Waals surface area contributed by atoms with Crippen LogP contribution in [0.5, 0.6) is 0 Å². The number of imide groups is 2. The number of rotatable bonds is 5. The van der Waals surface area contributed by atoms with Crippen molar-refractivity contribution in [2.75, 3.05) is 13.6 Å². The van der Waals surface area contributed by atoms with E-state index in [1.54, 1.807) is 18.2 Å². The van der Waals surface area contributed by atoms with Gasteiger partial charge in [-0.05, 0) is 38.1 Å². The highest BCUT2D eigenvalue weighted by atomic mass is 16.2. The summed E-state index contributed by atoms with van der Waals surface area (Å²) in [6.45, 7) is 3.21. The Bertz CT molecular complexity index is 789. The number of carbonyl (C=O) groups is 4. The Morgan fingerprint density at radius 3 is 2.58 bits per heavy atom. The maximum Gasteiger partial charge on any atom is 0.262 e. The Morgan fingerprint density at radius 1 is 1.23 bits per heavy atom. The zero-order valence-corrected chi connectivity index (χ0v) is 14.8. The van der Waals surface area contributed by atoms with E-state index in [-0.39, 0.29) is 24.8 Å². The number of carbonyl (C=O) groups excluding carboxylic acids is 4. The van der Waals surface area contributed by atoms with Gasteiger partial charge in [0, 0.05) is 25.6 Å². The van der Waals surface area contributed by atoms with E-state index in [9.17, 15) is 19.2 Å². The van der Waals surface area contributed by atoms with Gasteiger partial charge in [0.2, 0.25) is 11.8 Å². The number of piperidine rings is 1. The molecule has 138 valence electrons. The lowest BCUT2D eigenvalue weighted by atomic mass is 10.0. The highest BCUT2D eigenvalue weighted by Crippen LogP contribution is 2.28. The van der Waals surface area contributed by atoms with Crippen LogP contribution in [-0.2, 0) is 16.1 Å². The third-order valence-electron chi connectivity index (χ3n) is 4.56. The number of fused-ring (bicyclic) bond motifs is 1. The summed E-state index contributed by atoms with van der Waals surface area (Å²) in [7, 11) is 1.93. The number of hydrogen-bond donors (Lipinski definition) is 2. The van der Waals surface area contributed by atoms with Crippen molar-refractivity contribution in [2.45, 2.75) is 38.4 Å². The van der Waals surface area contributed by atoms with Gasteiger partial charge in [0.1, 0.15) is 6.04 Å². The maximum absolute atomic E-state index is 12.8. The van der Waals surface area contributed by atoms with Crippen LogP contribution in [0.3, 0.4) is 0 Å². The fraction of sp³-hybridized carbons (Fsp3) is 0.444. The molecule has 8 heteroatoms. The largest absolute Gasteiger partial charge is 0.327 e. The number of hydrogen-bond acceptors (Lipinski definition) is 6. The van der Waals surface area contributed by atoms with Crippen LogP contribution in [0.15, 0.2) is 18.2 Å². The van der Waals surface area contributed by atoms with Gasteiger partial charge in [0.05, 0.1) is 11.1 Å². The van der Waals surface area contributed by atoms with Crippen LogP contribution in [0.2, 0.25) is 0 Å². The van der Waals surface area contributed by atoms with Gasteiger partial charge in [-0.1, -0.05) is 6.07 Å². The molecule has 3 N–H and O–H groups in total. The molecule has 2 atom stereocenters. The first-order chi connectivity index (χ1) is 12.3. The molecule has 3 rings (SSSR count). The summed E-state index contributed by atoms with van der Waals surface area (Å²) in [5.41, 5.74) is 7.27. The molecule has 2 heterocycles. The molecule has 0 saturated carbocycles. The number of nitrogens with two attached hydrogens (primary N) is 1. The quantitative estimate of drug-likeness (QED) is 0.709. The number of likely N-dealkylation sites (N-methyl/N-ethyl adjacent to an activating group) is 1. The standard InChI is InChI=1S/C18H22N4O4/c1-10(19)8-21(2)9-11-3-4-12-13(7-11)18(26)22(17(12)25)14-5-6-15(23)20-16(14)24/h3-4,7,10,14H,5-6,8-9,19H2,1-2H3,(H,20,23,24)/t10-,14?/m1/s1. The summed E-state index contributed by atoms with van der Waals surface area (Å²) in [5, 5.41) is 2.19. The van der Waals surface area contributed by atoms with E-state index in [1.165, 1.54) is 0 Å². The zero-order chi connectivity index (χ0) is 19.0. The fourth-order valence-electron chi connectivity index (χ4n) is 3.48. The van der Waals surface area contributed by atoms with E-state index in [0.717, 1.165) is 10.5 Å². The second-order valence-electron chi connectivity index (χ2n) is 7.00. The van der Waals surface area contributed by atoms with Crippen molar-refractivity contribution >= 4 is 23.6 Å². The molecule has 0 spiro atoms. The molecule has 1 fully saturated rings. The Hall–Kier alpha value is -2.58. The summed E-state index contributed by atoms with van der Waals surface area (Å²) in [4.78, 5) is 51.7. The van der Waals surface area contributed by atoms with Crippen LogP contribution in [0, 0.1) is 0 Å². The van der Waals surface area contributed by atoms with Crippen molar-refractivity contribution in [1.29, 1.82) is 0 Å². The first kappa shape index (κ1) is 18.2. The minimum atomic E-state index is -0.940. The second kappa shape index (κ2) is 6.97. The van der Waals surface area contributed by atoms with Crippen molar-refractivity contribution in [2.24, 2.45) is 5.73 Å². The molecule has 0 radical (unpaired) electrons. The normalized spacial score (nSPS) is 21.2. The van der Waals surface area contributed by atoms with Gasteiger partial charge in [0.15, 0.2) is 0 Å². The molecule has 2 aliphatic rings. The lowest BCUT2D eigenvalue weighted by Crippen LogP contribution is -2.54. The molecule has 2 aliphatic heterocycles. The molecule has 0 bridgehead atoms. The third-order valence-corrected chi connectivity index (χ3v) is 4.56. The summed E-state index contributed by atoms with van der Waals surface area (Å²) >= 11 is 0. The van der Waals surface area contributed by atoms with Crippen molar-refractivity contribution < 1.29 is 19.2 Å². The molecule has 1 aromatic rings. The molecule has 1 unspecified atom stereocenters. The Morgan fingerprint density at radius 2 is 1.92 bits per heavy atom. The van der Waals surface area contributed by atoms with Crippen molar-refractivity contribution in [3.8, 4) is 0 Å². The Kier molecular flexibility index (Phi) is 4.88. The van der Waals surface area contributed by atoms with E-state index in [2.05, 4.69) is 5.32 Å². The van der Waals surface area contributed by atoms with Gasteiger partial charge in [0.25, 0.3) is 11.8 Å². The topological polar surface area (TPSA) is 113 Å². The fourth-order valence-corrected chi connectivity index (χ4v) is 3.48. The van der Waals surface area contributed by atoms with Crippen LogP contribution in [0.4, 0.5) is 0 Å². The van der Waals surface area contributed by atoms with E-state index in [0.29, 0.717) is 24.2 Å². The summed E-state index contributed by atoms with van der Waals surface area (Å²) in [6, 6.07) is 4.20. The third kappa shape index (κ3) is 3.38. The molecular formula is C18H22N4O4. The van der Waals surface area contributed by atoms with Gasteiger partial charge in [-0.15, -0.1) is 0 Å². The average molecular weight is 358 g/mol. The van der Waals surface area contributed by atoms with Crippen LogP contribution in [0.25, 0.3) is 0 Å². The van der Waals surface area contributed by atoms with Crippen molar-refractivity contribution in [3.63, 3.8) is 0 Å². The highest BCUT2D eigenvalue weighted by molar-refractivity contribution is 6.23. The predicted octanol–water partition coefficient (Wildman–Crippen LogP) is -0.133. The smallest absolute Gasteiger partial charge is 0.262 e. The monoisotopic (exact) mass is 358 g/mol. The molecule has 1 saturated heterocycles. The van der Waals surface area contributed by atoms with Crippen molar-refractivity contribution in [1.82, 2.24) is 15.1 Å². The van der Waals surface area contributed by atoms with Gasteiger partial charge in [-0.25, -0.2) is 0 Å². The van der Waals surface area contributed by atoms with E-state index in [4.69, 9.17) is 5.73 Å². The lowest BCUT2D eigenvalue weighted by Gasteiger charge is -2.27. The Balaban J connectivity index is 1.81. The minimum Gasteiger partial charge on any atom is -0.327 e. The van der Waals surface area contributed by atoms with Gasteiger partial charge < -0.3 is 10.6 Å². The van der Waals surface area contributed by atoms with Crippen LogP contribution in [-0.4, -0.2) is 59.1 Å². The van der Waals surface area contributed by atoms with Crippen LogP contribution >= 0.6 is 0 Å². The number of amides is 4. The van der Waals surface area contributed by atoms with E-state index < -0.39 is 23.8 Å². The highest BCUT2D eigenvalue weighted by Gasteiger charge is 2.44. The van der Waals surface area contributed by atoms with Crippen molar-refractivity contribution in [3.05, 3.63) is 34.9 Å². The average Bonchev–Trinajstić information content (AvgIpc) is 2.78. The number of nitrogens with one attached hydrogen (secondary N) is 1. The first-order valence-corrected chi connectivity index (χ1v) is 8.56. The number of nitrogens with zero attached hydrogens (tertiary/aromatic N) is 2. The number of benzene rings is 1. The van der Waals surface area contributed by atoms with Gasteiger partial charge in [-0.3, -0.25) is 29.4 Å². The van der Waals surface area contributed by atoms with Crippen LogP contribution in [0.1, 0.15) is 46.0 Å². The summed E-state index contributed by atoms with van der Waals surface area (Å²) < 4.78 is 0. The zero-order valence-electron chi connectivity index (χ0n) is 14.8. The van der Waals surface area contributed by atoms with Gasteiger partial charge in [-0.2, -0.15) is 0 Å². The molecule has 8 nitrogen and oxygen atoms in total. The predicted molar refractivity (Wildman–Crippen MR) is 93.1 cm³/mol. The summed E-state index contributed by atoms with van der Waals surface area (Å²) in [5.74, 6) is -1.97. The SMILES string of the molecule is C[C@@H](N)CN(C)Cc1ccc2c(c1)C(=O)N(C1CCC(=O)NC1=O)C2=O.